The van der Waals surface area contributed by atoms with Crippen LogP contribution in [0.1, 0.15) is 66.6 Å². The maximum absolute atomic E-state index is 13.8. The molecule has 12 heteroatoms. The third-order valence-corrected chi connectivity index (χ3v) is 8.98. The van der Waals surface area contributed by atoms with Crippen molar-refractivity contribution in [1.29, 1.82) is 0 Å². The molecule has 1 aliphatic rings. The number of thioether (sulfide) groups is 1. The van der Waals surface area contributed by atoms with Crippen molar-refractivity contribution in [3.63, 3.8) is 0 Å². The molecule has 11 nitrogen and oxygen atoms in total. The molecule has 1 unspecified atom stereocenters. The summed E-state index contributed by atoms with van der Waals surface area (Å²) < 4.78 is 26.3. The molecule has 1 fully saturated rings. The monoisotopic (exact) mass is 666 g/mol. The first-order chi connectivity index (χ1) is 23.1. The minimum Gasteiger partial charge on any atom is -0.459 e. The molecule has 1 saturated heterocycles. The fourth-order valence-corrected chi connectivity index (χ4v) is 6.06. The lowest BCUT2D eigenvalue weighted by molar-refractivity contribution is -0.0907. The second-order valence-electron chi connectivity index (χ2n) is 11.8. The van der Waals surface area contributed by atoms with Gasteiger partial charge in [0.1, 0.15) is 29.6 Å². The van der Waals surface area contributed by atoms with Crippen molar-refractivity contribution in [2.45, 2.75) is 56.6 Å². The van der Waals surface area contributed by atoms with Gasteiger partial charge in [-0.05, 0) is 70.3 Å². The molecule has 0 spiro atoms. The van der Waals surface area contributed by atoms with Crippen LogP contribution >= 0.6 is 11.8 Å². The van der Waals surface area contributed by atoms with Crippen LogP contribution in [0, 0.1) is 20.8 Å². The number of imidazole rings is 1. The fourth-order valence-electron chi connectivity index (χ4n) is 5.56. The standard InChI is InChI=1S/C36H34N4O7S/c1-21-6-12-24(13-7-21)33(41)44-19-28-29(46-34(42)25-14-8-22(2)9-15-25)36(4,47-35(43)26-16-10-23(3)11-17-26)30(45-28)31-37-18-27-32(48-5)38-20-39-40(27)31/h6-18,20,28-30H,19H2,1-5H3/t28-,29?,30+,36-/m1/s1. The predicted octanol–water partition coefficient (Wildman–Crippen LogP) is 5.91. The number of carbonyl (C=O) groups is 3. The number of hydrogen-bond acceptors (Lipinski definition) is 11. The van der Waals surface area contributed by atoms with Crippen molar-refractivity contribution in [2.24, 2.45) is 0 Å². The van der Waals surface area contributed by atoms with Gasteiger partial charge in [-0.2, -0.15) is 5.10 Å². The Balaban J connectivity index is 1.42. The van der Waals surface area contributed by atoms with Crippen molar-refractivity contribution < 1.29 is 33.3 Å². The maximum Gasteiger partial charge on any atom is 0.338 e. The maximum atomic E-state index is 13.8. The lowest BCUT2D eigenvalue weighted by Gasteiger charge is -2.34. The van der Waals surface area contributed by atoms with Crippen LogP contribution in [0.4, 0.5) is 0 Å². The van der Waals surface area contributed by atoms with Crippen molar-refractivity contribution in [1.82, 2.24) is 19.6 Å². The molecule has 1 aliphatic heterocycles. The zero-order valence-electron chi connectivity index (χ0n) is 27.1. The number of rotatable bonds is 9. The van der Waals surface area contributed by atoms with E-state index in [0.717, 1.165) is 16.7 Å². The van der Waals surface area contributed by atoms with E-state index in [-0.39, 0.29) is 18.0 Å². The highest BCUT2D eigenvalue weighted by molar-refractivity contribution is 7.98. The van der Waals surface area contributed by atoms with Crippen LogP contribution in [0.5, 0.6) is 0 Å². The van der Waals surface area contributed by atoms with Crippen LogP contribution in [0.3, 0.4) is 0 Å². The zero-order valence-corrected chi connectivity index (χ0v) is 27.9. The van der Waals surface area contributed by atoms with Gasteiger partial charge in [0.15, 0.2) is 23.6 Å². The summed E-state index contributed by atoms with van der Waals surface area (Å²) in [4.78, 5) is 49.5. The van der Waals surface area contributed by atoms with E-state index in [1.54, 1.807) is 90.4 Å². The molecule has 5 aromatic rings. The number of carbonyl (C=O) groups excluding carboxylic acids is 3. The van der Waals surface area contributed by atoms with Crippen LogP contribution < -0.4 is 0 Å². The first-order valence-corrected chi connectivity index (χ1v) is 16.5. The summed E-state index contributed by atoms with van der Waals surface area (Å²) in [5.74, 6) is -1.64. The topological polar surface area (TPSA) is 131 Å². The van der Waals surface area contributed by atoms with Gasteiger partial charge in [0, 0.05) is 0 Å². The summed E-state index contributed by atoms with van der Waals surface area (Å²) in [6.07, 6.45) is 1.45. The van der Waals surface area contributed by atoms with Gasteiger partial charge in [0.2, 0.25) is 0 Å². The molecule has 0 saturated carbocycles. The van der Waals surface area contributed by atoms with Gasteiger partial charge in [-0.3, -0.25) is 0 Å². The zero-order chi connectivity index (χ0) is 34.0. The number of benzene rings is 3. The first-order valence-electron chi connectivity index (χ1n) is 15.3. The molecular formula is C36H34N4O7S. The second-order valence-corrected chi connectivity index (χ2v) is 12.6. The Morgan fingerprint density at radius 2 is 1.35 bits per heavy atom. The van der Waals surface area contributed by atoms with E-state index < -0.39 is 41.8 Å². The SMILES string of the molecule is CSc1ncnn2c([C@@H]3O[C@H](COC(=O)c4ccc(C)cc4)C(OC(=O)c4ccc(C)cc4)[C@@]3(C)OC(=O)c3ccc(C)cc3)ncc12. The van der Waals surface area contributed by atoms with E-state index in [1.807, 2.05) is 27.0 Å². The molecular weight excluding hydrogens is 632 g/mol. The average Bonchev–Trinajstić information content (AvgIpc) is 3.62. The minimum absolute atomic E-state index is 0.283. The highest BCUT2D eigenvalue weighted by atomic mass is 32.2. The Kier molecular flexibility index (Phi) is 9.29. The van der Waals surface area contributed by atoms with Crippen molar-refractivity contribution >= 4 is 35.2 Å². The molecule has 2 aromatic heterocycles. The number of fused-ring (bicyclic) bond motifs is 1. The number of aromatic nitrogens is 4. The first kappa shape index (κ1) is 32.9. The van der Waals surface area contributed by atoms with E-state index in [4.69, 9.17) is 18.9 Å². The van der Waals surface area contributed by atoms with Gasteiger partial charge in [0.05, 0.1) is 22.9 Å². The van der Waals surface area contributed by atoms with E-state index in [0.29, 0.717) is 21.7 Å². The molecule has 6 rings (SSSR count). The quantitative estimate of drug-likeness (QED) is 0.106. The molecule has 246 valence electrons. The highest BCUT2D eigenvalue weighted by Gasteiger charge is 2.61. The van der Waals surface area contributed by atoms with Crippen molar-refractivity contribution in [3.8, 4) is 0 Å². The molecule has 0 N–H and O–H groups in total. The van der Waals surface area contributed by atoms with Gasteiger partial charge >= 0.3 is 17.9 Å². The predicted molar refractivity (Wildman–Crippen MR) is 177 cm³/mol. The summed E-state index contributed by atoms with van der Waals surface area (Å²) >= 11 is 1.42. The highest BCUT2D eigenvalue weighted by Crippen LogP contribution is 2.46. The Morgan fingerprint density at radius 3 is 1.92 bits per heavy atom. The van der Waals surface area contributed by atoms with Crippen LogP contribution in [-0.4, -0.2) is 68.2 Å². The van der Waals surface area contributed by atoms with E-state index >= 15 is 0 Å². The molecule has 0 radical (unpaired) electrons. The number of ether oxygens (including phenoxy) is 4. The fraction of sp³-hybridized carbons (Fsp3) is 0.278. The molecule has 48 heavy (non-hydrogen) atoms. The molecule has 0 bridgehead atoms. The summed E-state index contributed by atoms with van der Waals surface area (Å²) in [7, 11) is 0. The Hall–Kier alpha value is -5.07. The van der Waals surface area contributed by atoms with Crippen molar-refractivity contribution in [3.05, 3.63) is 125 Å². The molecule has 3 heterocycles. The number of nitrogens with zero attached hydrogens (tertiary/aromatic N) is 4. The van der Waals surface area contributed by atoms with Crippen LogP contribution in [0.2, 0.25) is 0 Å². The molecule has 3 aromatic carbocycles. The van der Waals surface area contributed by atoms with Crippen LogP contribution in [0.15, 0.2) is 90.3 Å². The summed E-state index contributed by atoms with van der Waals surface area (Å²) in [5.41, 5.74) is 2.78. The third-order valence-electron chi connectivity index (χ3n) is 8.27. The van der Waals surface area contributed by atoms with Crippen LogP contribution in [-0.2, 0) is 18.9 Å². The normalized spacial score (nSPS) is 20.4. The number of aryl methyl sites for hydroxylation is 3. The lowest BCUT2D eigenvalue weighted by atomic mass is 9.91. The van der Waals surface area contributed by atoms with Gasteiger partial charge in [-0.1, -0.05) is 53.1 Å². The van der Waals surface area contributed by atoms with Gasteiger partial charge in [-0.25, -0.2) is 28.9 Å². The van der Waals surface area contributed by atoms with Crippen LogP contribution in [0.25, 0.3) is 5.52 Å². The third kappa shape index (κ3) is 6.54. The van der Waals surface area contributed by atoms with Gasteiger partial charge in [-0.15, -0.1) is 11.8 Å². The Morgan fingerprint density at radius 1 is 0.812 bits per heavy atom. The smallest absolute Gasteiger partial charge is 0.338 e. The largest absolute Gasteiger partial charge is 0.459 e. The number of hydrogen-bond donors (Lipinski definition) is 0. The van der Waals surface area contributed by atoms with Gasteiger partial charge in [0.25, 0.3) is 0 Å². The Labute approximate surface area is 281 Å². The minimum atomic E-state index is -1.67. The van der Waals surface area contributed by atoms with Gasteiger partial charge < -0.3 is 18.9 Å². The molecule has 0 amide bonds. The second kappa shape index (κ2) is 13.6. The Bertz CT molecular complexity index is 1960. The summed E-state index contributed by atoms with van der Waals surface area (Å²) in [6, 6.07) is 20.7. The molecule has 0 aliphatic carbocycles. The van der Waals surface area contributed by atoms with E-state index in [2.05, 4.69) is 15.1 Å². The lowest BCUT2D eigenvalue weighted by Crippen LogP contribution is -2.50. The summed E-state index contributed by atoms with van der Waals surface area (Å²) in [6.45, 7) is 7.04. The average molecular weight is 667 g/mol. The van der Waals surface area contributed by atoms with Crippen molar-refractivity contribution in [2.75, 3.05) is 12.9 Å². The van der Waals surface area contributed by atoms with E-state index in [9.17, 15) is 14.4 Å². The molecule has 4 atom stereocenters. The summed E-state index contributed by atoms with van der Waals surface area (Å²) in [5, 5.41) is 5.08. The number of esters is 3. The van der Waals surface area contributed by atoms with E-state index in [1.165, 1.54) is 18.1 Å².